The molecule has 0 radical (unpaired) electrons. The Balaban J connectivity index is 2.16. The SMILES string of the molecule is CC(C)(C)CCNC(=O)CN1CCC(NCC(C)(C)C)CC1. The van der Waals surface area contributed by atoms with Crippen molar-refractivity contribution < 1.29 is 4.79 Å². The number of rotatable bonds is 6. The molecule has 0 aliphatic carbocycles. The van der Waals surface area contributed by atoms with Gasteiger partial charge in [-0.2, -0.15) is 0 Å². The lowest BCUT2D eigenvalue weighted by atomic mass is 9.92. The van der Waals surface area contributed by atoms with E-state index in [1.165, 1.54) is 0 Å². The molecule has 0 aromatic heterocycles. The molecule has 0 atom stereocenters. The third-order valence-electron chi connectivity index (χ3n) is 4.07. The van der Waals surface area contributed by atoms with Gasteiger partial charge in [0.25, 0.3) is 0 Å². The lowest BCUT2D eigenvalue weighted by molar-refractivity contribution is -0.122. The van der Waals surface area contributed by atoms with Crippen LogP contribution >= 0.6 is 0 Å². The fourth-order valence-electron chi connectivity index (χ4n) is 2.58. The number of carbonyl (C=O) groups excluding carboxylic acids is 1. The van der Waals surface area contributed by atoms with Crippen LogP contribution in [-0.4, -0.2) is 49.6 Å². The molecule has 0 unspecified atom stereocenters. The standard InChI is InChI=1S/C18H37N3O/c1-17(2,3)9-10-19-16(22)13-21-11-7-15(8-12-21)20-14-18(4,5)6/h15,20H,7-14H2,1-6H3,(H,19,22). The van der Waals surface area contributed by atoms with Crippen molar-refractivity contribution in [3.05, 3.63) is 0 Å². The molecule has 0 saturated carbocycles. The van der Waals surface area contributed by atoms with Crippen molar-refractivity contribution in [3.8, 4) is 0 Å². The quantitative estimate of drug-likeness (QED) is 0.792. The van der Waals surface area contributed by atoms with Crippen molar-refractivity contribution in [1.29, 1.82) is 0 Å². The number of likely N-dealkylation sites (tertiary alicyclic amines) is 1. The number of piperidine rings is 1. The Morgan fingerprint density at radius 2 is 1.64 bits per heavy atom. The second-order valence-electron chi connectivity index (χ2n) is 9.15. The first-order valence-electron chi connectivity index (χ1n) is 8.78. The molecule has 1 amide bonds. The fraction of sp³-hybridized carbons (Fsp3) is 0.944. The Morgan fingerprint density at radius 3 is 2.14 bits per heavy atom. The first-order valence-corrected chi connectivity index (χ1v) is 8.78. The van der Waals surface area contributed by atoms with Crippen LogP contribution in [0, 0.1) is 10.8 Å². The Morgan fingerprint density at radius 1 is 1.05 bits per heavy atom. The molecule has 130 valence electrons. The highest BCUT2D eigenvalue weighted by Gasteiger charge is 2.22. The molecular weight excluding hydrogens is 274 g/mol. The summed E-state index contributed by atoms with van der Waals surface area (Å²) in [5.41, 5.74) is 0.619. The van der Waals surface area contributed by atoms with Gasteiger partial charge < -0.3 is 10.6 Å². The van der Waals surface area contributed by atoms with Crippen molar-refractivity contribution in [3.63, 3.8) is 0 Å². The number of nitrogens with one attached hydrogen (secondary N) is 2. The first kappa shape index (κ1) is 19.4. The Labute approximate surface area is 137 Å². The van der Waals surface area contributed by atoms with Gasteiger partial charge >= 0.3 is 0 Å². The molecule has 1 heterocycles. The van der Waals surface area contributed by atoms with E-state index in [0.29, 0.717) is 18.0 Å². The minimum absolute atomic E-state index is 0.172. The maximum Gasteiger partial charge on any atom is 0.234 e. The summed E-state index contributed by atoms with van der Waals surface area (Å²) in [6.07, 6.45) is 3.31. The van der Waals surface area contributed by atoms with Crippen LogP contribution < -0.4 is 10.6 Å². The van der Waals surface area contributed by atoms with Crippen LogP contribution in [-0.2, 0) is 4.79 Å². The zero-order valence-corrected chi connectivity index (χ0v) is 15.6. The molecule has 0 aromatic carbocycles. The number of hydrogen-bond donors (Lipinski definition) is 2. The molecular formula is C18H37N3O. The lowest BCUT2D eigenvalue weighted by Gasteiger charge is -2.33. The third-order valence-corrected chi connectivity index (χ3v) is 4.07. The fourth-order valence-corrected chi connectivity index (χ4v) is 2.58. The number of nitrogens with zero attached hydrogens (tertiary/aromatic N) is 1. The smallest absolute Gasteiger partial charge is 0.234 e. The Hall–Kier alpha value is -0.610. The Bertz CT molecular complexity index is 333. The van der Waals surface area contributed by atoms with Crippen LogP contribution in [0.25, 0.3) is 0 Å². The summed E-state index contributed by atoms with van der Waals surface area (Å²) in [7, 11) is 0. The molecule has 1 fully saturated rings. The molecule has 0 aromatic rings. The highest BCUT2D eigenvalue weighted by molar-refractivity contribution is 5.77. The summed E-state index contributed by atoms with van der Waals surface area (Å²) in [5.74, 6) is 0.172. The molecule has 4 nitrogen and oxygen atoms in total. The monoisotopic (exact) mass is 311 g/mol. The second-order valence-corrected chi connectivity index (χ2v) is 9.15. The maximum atomic E-state index is 12.0. The molecule has 2 N–H and O–H groups in total. The summed E-state index contributed by atoms with van der Waals surface area (Å²) < 4.78 is 0. The van der Waals surface area contributed by atoms with Gasteiger partial charge in [0, 0.05) is 32.2 Å². The molecule has 0 spiro atoms. The average Bonchev–Trinajstić information content (AvgIpc) is 2.35. The summed E-state index contributed by atoms with van der Waals surface area (Å²) >= 11 is 0. The molecule has 4 heteroatoms. The first-order chi connectivity index (χ1) is 10.1. The summed E-state index contributed by atoms with van der Waals surface area (Å²) in [6.45, 7) is 17.8. The van der Waals surface area contributed by atoms with Gasteiger partial charge in [0.2, 0.25) is 5.91 Å². The van der Waals surface area contributed by atoms with E-state index < -0.39 is 0 Å². The summed E-state index contributed by atoms with van der Waals surface area (Å²) in [4.78, 5) is 14.2. The Kier molecular flexibility index (Phi) is 7.33. The van der Waals surface area contributed by atoms with Crippen LogP contribution in [0.4, 0.5) is 0 Å². The van der Waals surface area contributed by atoms with Crippen LogP contribution in [0.15, 0.2) is 0 Å². The van der Waals surface area contributed by atoms with E-state index in [1.54, 1.807) is 0 Å². The van der Waals surface area contributed by atoms with Gasteiger partial charge in [-0.3, -0.25) is 9.69 Å². The topological polar surface area (TPSA) is 44.4 Å². The highest BCUT2D eigenvalue weighted by atomic mass is 16.2. The number of hydrogen-bond acceptors (Lipinski definition) is 3. The summed E-state index contributed by atoms with van der Waals surface area (Å²) in [5, 5.41) is 6.71. The molecule has 1 aliphatic heterocycles. The van der Waals surface area contributed by atoms with Gasteiger partial charge in [-0.15, -0.1) is 0 Å². The van der Waals surface area contributed by atoms with Gasteiger partial charge in [0.1, 0.15) is 0 Å². The van der Waals surface area contributed by atoms with Gasteiger partial charge in [-0.25, -0.2) is 0 Å². The van der Waals surface area contributed by atoms with E-state index in [1.807, 2.05) is 0 Å². The predicted octanol–water partition coefficient (Wildman–Crippen LogP) is 2.64. The summed E-state index contributed by atoms with van der Waals surface area (Å²) in [6, 6.07) is 0.611. The maximum absolute atomic E-state index is 12.0. The molecule has 1 saturated heterocycles. The molecule has 22 heavy (non-hydrogen) atoms. The number of carbonyl (C=O) groups is 1. The normalized spacial score (nSPS) is 18.5. The van der Waals surface area contributed by atoms with Gasteiger partial charge in [0.15, 0.2) is 0 Å². The third kappa shape index (κ3) is 9.42. The van der Waals surface area contributed by atoms with Crippen molar-refractivity contribution >= 4 is 5.91 Å². The van der Waals surface area contributed by atoms with Crippen molar-refractivity contribution in [2.75, 3.05) is 32.7 Å². The zero-order chi connectivity index (χ0) is 16.8. The van der Waals surface area contributed by atoms with E-state index in [4.69, 9.17) is 0 Å². The van der Waals surface area contributed by atoms with Gasteiger partial charge in [-0.05, 0) is 30.1 Å². The second kappa shape index (κ2) is 8.30. The zero-order valence-electron chi connectivity index (χ0n) is 15.6. The largest absolute Gasteiger partial charge is 0.355 e. The molecule has 1 rings (SSSR count). The van der Waals surface area contributed by atoms with Crippen LogP contribution in [0.1, 0.15) is 60.8 Å². The number of amides is 1. The minimum atomic E-state index is 0.172. The van der Waals surface area contributed by atoms with E-state index in [9.17, 15) is 4.79 Å². The van der Waals surface area contributed by atoms with E-state index in [2.05, 4.69) is 57.1 Å². The van der Waals surface area contributed by atoms with Crippen molar-refractivity contribution in [2.24, 2.45) is 10.8 Å². The molecule has 0 bridgehead atoms. The van der Waals surface area contributed by atoms with Crippen molar-refractivity contribution in [2.45, 2.75) is 66.8 Å². The van der Waals surface area contributed by atoms with Gasteiger partial charge in [0.05, 0.1) is 6.54 Å². The highest BCUT2D eigenvalue weighted by Crippen LogP contribution is 2.17. The van der Waals surface area contributed by atoms with Crippen LogP contribution in [0.3, 0.4) is 0 Å². The lowest BCUT2D eigenvalue weighted by Crippen LogP contribution is -2.47. The molecule has 1 aliphatic rings. The van der Waals surface area contributed by atoms with Gasteiger partial charge in [-0.1, -0.05) is 41.5 Å². The minimum Gasteiger partial charge on any atom is -0.355 e. The van der Waals surface area contributed by atoms with Crippen molar-refractivity contribution in [1.82, 2.24) is 15.5 Å². The van der Waals surface area contributed by atoms with E-state index in [-0.39, 0.29) is 11.3 Å². The van der Waals surface area contributed by atoms with E-state index >= 15 is 0 Å². The van der Waals surface area contributed by atoms with Crippen LogP contribution in [0.5, 0.6) is 0 Å². The van der Waals surface area contributed by atoms with Crippen LogP contribution in [0.2, 0.25) is 0 Å². The predicted molar refractivity (Wildman–Crippen MR) is 94.0 cm³/mol. The van der Waals surface area contributed by atoms with E-state index in [0.717, 1.165) is 45.4 Å². The average molecular weight is 312 g/mol.